The molecular formula is C23H20FN5O3S. The number of aromatic nitrogens is 2. The van der Waals surface area contributed by atoms with Crippen LogP contribution in [0.25, 0.3) is 11.1 Å². The molecule has 0 saturated carbocycles. The summed E-state index contributed by atoms with van der Waals surface area (Å²) < 4.78 is 39.3. The molecule has 0 aliphatic heterocycles. The second-order valence-corrected chi connectivity index (χ2v) is 9.12. The number of rotatable bonds is 6. The molecule has 0 bridgehead atoms. The van der Waals surface area contributed by atoms with Crippen molar-refractivity contribution in [3.05, 3.63) is 84.3 Å². The van der Waals surface area contributed by atoms with Crippen molar-refractivity contribution in [1.29, 1.82) is 4.78 Å². The summed E-state index contributed by atoms with van der Waals surface area (Å²) in [5.41, 5.74) is 8.62. The number of hydrogen-bond donors (Lipinski definition) is 4. The highest BCUT2D eigenvalue weighted by Crippen LogP contribution is 2.28. The molecule has 10 heteroatoms. The number of carbonyl (C=O) groups is 1. The molecule has 1 amide bonds. The molecule has 3 aromatic carbocycles. The smallest absolute Gasteiger partial charge is 0.294 e. The Balaban J connectivity index is 1.54. The number of ether oxygens (including phenoxy) is 1. The third-order valence-corrected chi connectivity index (χ3v) is 6.72. The fourth-order valence-corrected chi connectivity index (χ4v) is 4.35. The van der Waals surface area contributed by atoms with E-state index in [4.69, 9.17) is 15.3 Å². The fraction of sp³-hybridized carbons (Fsp3) is 0.0435. The number of imidazole rings is 1. The van der Waals surface area contributed by atoms with Crippen LogP contribution in [0.5, 0.6) is 6.01 Å². The van der Waals surface area contributed by atoms with Gasteiger partial charge in [-0.05, 0) is 59.7 Å². The molecule has 4 rings (SSSR count). The third-order valence-electron chi connectivity index (χ3n) is 4.96. The van der Waals surface area contributed by atoms with Gasteiger partial charge in [0, 0.05) is 5.56 Å². The number of aromatic amines is 1. The van der Waals surface area contributed by atoms with Crippen molar-refractivity contribution < 1.29 is 18.1 Å². The first-order valence-corrected chi connectivity index (χ1v) is 11.3. The molecule has 4 aromatic rings. The number of nitrogens with zero attached hydrogens (tertiary/aromatic N) is 1. The predicted molar refractivity (Wildman–Crippen MR) is 123 cm³/mol. The van der Waals surface area contributed by atoms with E-state index in [0.717, 1.165) is 11.1 Å². The number of nitrogen functional groups attached to an aromatic ring is 1. The number of hydrogen-bond acceptors (Lipinski definition) is 6. The molecular weight excluding hydrogens is 445 g/mol. The maximum atomic E-state index is 13.2. The molecule has 5 N–H and O–H groups in total. The van der Waals surface area contributed by atoms with Gasteiger partial charge in [-0.3, -0.25) is 9.78 Å². The van der Waals surface area contributed by atoms with Crippen LogP contribution in [0, 0.1) is 10.6 Å². The van der Waals surface area contributed by atoms with E-state index < -0.39 is 15.6 Å². The number of carbonyl (C=O) groups excluding carboxylic acids is 1. The predicted octanol–water partition coefficient (Wildman–Crippen LogP) is 4.52. The van der Waals surface area contributed by atoms with Crippen molar-refractivity contribution in [1.82, 2.24) is 9.97 Å². The maximum Gasteiger partial charge on any atom is 0.294 e. The normalized spacial score (nSPS) is 12.7. The van der Waals surface area contributed by atoms with E-state index >= 15 is 0 Å². The van der Waals surface area contributed by atoms with Gasteiger partial charge < -0.3 is 15.8 Å². The summed E-state index contributed by atoms with van der Waals surface area (Å²) in [4.78, 5) is 19.6. The molecule has 8 nitrogen and oxygen atoms in total. The monoisotopic (exact) mass is 465 g/mol. The molecule has 0 aliphatic carbocycles. The number of anilines is 2. The summed E-state index contributed by atoms with van der Waals surface area (Å²) in [6.45, 7) is 0. The average Bonchev–Trinajstić information content (AvgIpc) is 3.31. The van der Waals surface area contributed by atoms with Gasteiger partial charge in [0.05, 0.1) is 29.6 Å². The zero-order valence-corrected chi connectivity index (χ0v) is 18.3. The van der Waals surface area contributed by atoms with Crippen molar-refractivity contribution in [2.45, 2.75) is 9.92 Å². The Hall–Kier alpha value is -4.18. The molecule has 0 fully saturated rings. The summed E-state index contributed by atoms with van der Waals surface area (Å²) in [6.07, 6.45) is 1.28. The van der Waals surface area contributed by atoms with Gasteiger partial charge in [-0.15, -0.1) is 0 Å². The van der Waals surface area contributed by atoms with Gasteiger partial charge >= 0.3 is 0 Å². The molecule has 0 radical (unpaired) electrons. The maximum absolute atomic E-state index is 13.2. The van der Waals surface area contributed by atoms with E-state index in [0.29, 0.717) is 16.9 Å². The summed E-state index contributed by atoms with van der Waals surface area (Å²) in [6, 6.07) is 17.2. The highest BCUT2D eigenvalue weighted by Gasteiger charge is 2.18. The quantitative estimate of drug-likeness (QED) is 0.311. The Kier molecular flexibility index (Phi) is 5.84. The molecule has 1 atom stereocenters. The number of nitrogens with two attached hydrogens (primary N) is 1. The van der Waals surface area contributed by atoms with Crippen LogP contribution in [0.15, 0.2) is 82.8 Å². The van der Waals surface area contributed by atoms with E-state index in [1.54, 1.807) is 30.3 Å². The van der Waals surface area contributed by atoms with Gasteiger partial charge in [0.15, 0.2) is 0 Å². The molecule has 0 spiro atoms. The van der Waals surface area contributed by atoms with E-state index in [1.165, 1.54) is 49.7 Å². The molecule has 1 aromatic heterocycles. The highest BCUT2D eigenvalue weighted by atomic mass is 32.2. The van der Waals surface area contributed by atoms with Crippen LogP contribution in [0.4, 0.5) is 15.8 Å². The van der Waals surface area contributed by atoms with Crippen LogP contribution in [-0.4, -0.2) is 27.2 Å². The molecule has 0 aliphatic rings. The Labute approximate surface area is 189 Å². The van der Waals surface area contributed by atoms with Gasteiger partial charge in [0.2, 0.25) is 0 Å². The Bertz CT molecular complexity index is 1420. The summed E-state index contributed by atoms with van der Waals surface area (Å²) >= 11 is 0. The molecule has 0 saturated heterocycles. The Morgan fingerprint density at radius 2 is 1.76 bits per heavy atom. The van der Waals surface area contributed by atoms with Gasteiger partial charge in [0.1, 0.15) is 20.6 Å². The van der Waals surface area contributed by atoms with Crippen LogP contribution in [0.1, 0.15) is 10.4 Å². The van der Waals surface area contributed by atoms with Crippen molar-refractivity contribution >= 4 is 27.0 Å². The lowest BCUT2D eigenvalue weighted by Gasteiger charge is -2.11. The van der Waals surface area contributed by atoms with Crippen LogP contribution < -0.4 is 15.8 Å². The summed E-state index contributed by atoms with van der Waals surface area (Å²) in [5.74, 6) is -0.765. The van der Waals surface area contributed by atoms with Gasteiger partial charge in [-0.1, -0.05) is 18.2 Å². The van der Waals surface area contributed by atoms with Crippen LogP contribution in [0.2, 0.25) is 0 Å². The number of halogens is 1. The van der Waals surface area contributed by atoms with Gasteiger partial charge in [-0.25, -0.2) is 18.4 Å². The number of nitrogens with one attached hydrogen (secondary N) is 3. The lowest BCUT2D eigenvalue weighted by molar-refractivity contribution is 0.102. The minimum atomic E-state index is -3.35. The average molecular weight is 466 g/mol. The second-order valence-electron chi connectivity index (χ2n) is 7.10. The van der Waals surface area contributed by atoms with Crippen molar-refractivity contribution in [3.63, 3.8) is 0 Å². The van der Waals surface area contributed by atoms with Crippen molar-refractivity contribution in [3.8, 4) is 17.1 Å². The van der Waals surface area contributed by atoms with Crippen LogP contribution >= 0.6 is 0 Å². The van der Waals surface area contributed by atoms with E-state index in [9.17, 15) is 13.4 Å². The lowest BCUT2D eigenvalue weighted by Crippen LogP contribution is -2.13. The number of benzene rings is 3. The second kappa shape index (κ2) is 8.75. The Morgan fingerprint density at radius 3 is 2.39 bits per heavy atom. The number of amides is 1. The highest BCUT2D eigenvalue weighted by molar-refractivity contribution is 7.92. The number of H-pyrrole nitrogens is 1. The SMILES string of the molecule is COc1ncc(S(=N)(=O)c2ccc(C(=O)Nc3cc(-c4ccc(F)cc4)ccc3N)cc2)[nH]1. The van der Waals surface area contributed by atoms with E-state index in [-0.39, 0.29) is 21.7 Å². The van der Waals surface area contributed by atoms with Crippen LogP contribution in [0.3, 0.4) is 0 Å². The molecule has 33 heavy (non-hydrogen) atoms. The minimum Gasteiger partial charge on any atom is -0.468 e. The largest absolute Gasteiger partial charge is 0.468 e. The topological polar surface area (TPSA) is 134 Å². The van der Waals surface area contributed by atoms with E-state index in [1.807, 2.05) is 0 Å². The molecule has 1 unspecified atom stereocenters. The van der Waals surface area contributed by atoms with E-state index in [2.05, 4.69) is 15.3 Å². The van der Waals surface area contributed by atoms with Gasteiger partial charge in [-0.2, -0.15) is 0 Å². The van der Waals surface area contributed by atoms with Crippen molar-refractivity contribution in [2.24, 2.45) is 0 Å². The van der Waals surface area contributed by atoms with Crippen molar-refractivity contribution in [2.75, 3.05) is 18.2 Å². The third kappa shape index (κ3) is 4.55. The summed E-state index contributed by atoms with van der Waals surface area (Å²) in [5, 5.41) is 2.86. The first-order chi connectivity index (χ1) is 15.8. The zero-order chi connectivity index (χ0) is 23.6. The number of methoxy groups -OCH3 is 1. The summed E-state index contributed by atoms with van der Waals surface area (Å²) in [7, 11) is -1.95. The first kappa shape index (κ1) is 22.0. The fourth-order valence-electron chi connectivity index (χ4n) is 3.14. The lowest BCUT2D eigenvalue weighted by atomic mass is 10.0. The Morgan fingerprint density at radius 1 is 1.09 bits per heavy atom. The molecule has 168 valence electrons. The minimum absolute atomic E-state index is 0.0990. The standard InChI is InChI=1S/C23H20FN5O3S/c1-32-23-27-13-21(29-23)33(26,31)18-9-4-15(5-10-18)22(30)28-20-12-16(6-11-19(20)25)14-2-7-17(24)8-3-14/h2-13,26H,25H2,1H3,(H,27,29)(H,28,30). The van der Waals surface area contributed by atoms with Gasteiger partial charge in [0.25, 0.3) is 11.9 Å². The first-order valence-electron chi connectivity index (χ1n) is 9.72. The molecule has 1 heterocycles. The zero-order valence-electron chi connectivity index (χ0n) is 17.5. The van der Waals surface area contributed by atoms with Crippen LogP contribution in [-0.2, 0) is 9.73 Å².